The predicted octanol–water partition coefficient (Wildman–Crippen LogP) is 1.02. The van der Waals surface area contributed by atoms with Gasteiger partial charge in [0.2, 0.25) is 6.41 Å². The Kier molecular flexibility index (Phi) is 5.23. The topological polar surface area (TPSA) is 126 Å². The summed E-state index contributed by atoms with van der Waals surface area (Å²) in [6.07, 6.45) is 1.31. The fraction of sp³-hybridized carbons (Fsp3) is 0.462. The highest BCUT2D eigenvalue weighted by molar-refractivity contribution is 7.93. The molecule has 0 aliphatic heterocycles. The van der Waals surface area contributed by atoms with E-state index in [9.17, 15) is 17.6 Å². The number of amidine groups is 1. The molecule has 122 valence electrons. The van der Waals surface area contributed by atoms with E-state index < -0.39 is 32.2 Å². The standard InChI is InChI=1S/C13H19FN4O3S/c1-8(6-22(20,21)13(2,3)12(15)16)9-4-11(18-7-19)17-5-10(9)14/h4-5,7-8H,6H2,1-3H3,(H3,15,16)(H,17,18,19). The van der Waals surface area contributed by atoms with Gasteiger partial charge in [0, 0.05) is 0 Å². The van der Waals surface area contributed by atoms with E-state index in [4.69, 9.17) is 11.1 Å². The Morgan fingerprint density at radius 2 is 2.18 bits per heavy atom. The summed E-state index contributed by atoms with van der Waals surface area (Å²) in [5, 5.41) is 9.68. The molecule has 9 heteroatoms. The van der Waals surface area contributed by atoms with Crippen molar-refractivity contribution in [2.45, 2.75) is 31.4 Å². The van der Waals surface area contributed by atoms with Crippen LogP contribution in [0.5, 0.6) is 0 Å². The van der Waals surface area contributed by atoms with Crippen LogP contribution in [0.25, 0.3) is 0 Å². The highest BCUT2D eigenvalue weighted by atomic mass is 32.2. The van der Waals surface area contributed by atoms with Gasteiger partial charge in [-0.15, -0.1) is 0 Å². The quantitative estimate of drug-likeness (QED) is 0.391. The van der Waals surface area contributed by atoms with Gasteiger partial charge in [-0.05, 0) is 31.4 Å². The summed E-state index contributed by atoms with van der Waals surface area (Å²) < 4.78 is 37.1. The summed E-state index contributed by atoms with van der Waals surface area (Å²) in [6.45, 7) is 4.20. The number of hydrogen-bond donors (Lipinski definition) is 3. The Balaban J connectivity index is 3.12. The number of hydrogen-bond acceptors (Lipinski definition) is 5. The van der Waals surface area contributed by atoms with Crippen LogP contribution in [0.4, 0.5) is 10.2 Å². The van der Waals surface area contributed by atoms with Crippen LogP contribution in [0.15, 0.2) is 12.3 Å². The molecule has 0 aromatic carbocycles. The van der Waals surface area contributed by atoms with Gasteiger partial charge in [0.15, 0.2) is 9.84 Å². The Morgan fingerprint density at radius 1 is 1.59 bits per heavy atom. The smallest absolute Gasteiger partial charge is 0.212 e. The zero-order valence-corrected chi connectivity index (χ0v) is 13.4. The first-order chi connectivity index (χ1) is 10.0. The van der Waals surface area contributed by atoms with E-state index in [1.54, 1.807) is 0 Å². The van der Waals surface area contributed by atoms with Gasteiger partial charge in [-0.25, -0.2) is 17.8 Å². The van der Waals surface area contributed by atoms with Crippen LogP contribution in [0, 0.1) is 11.2 Å². The van der Waals surface area contributed by atoms with Gasteiger partial charge < -0.3 is 11.1 Å². The van der Waals surface area contributed by atoms with Crippen molar-refractivity contribution in [3.63, 3.8) is 0 Å². The van der Waals surface area contributed by atoms with Crippen molar-refractivity contribution < 1.29 is 17.6 Å². The van der Waals surface area contributed by atoms with Crippen molar-refractivity contribution in [1.29, 1.82) is 5.41 Å². The molecule has 0 aliphatic carbocycles. The maximum atomic E-state index is 13.9. The first kappa shape index (κ1) is 18.0. The molecule has 0 spiro atoms. The summed E-state index contributed by atoms with van der Waals surface area (Å²) in [7, 11) is -3.77. The first-order valence-corrected chi connectivity index (χ1v) is 8.10. The zero-order valence-electron chi connectivity index (χ0n) is 12.6. The van der Waals surface area contributed by atoms with Crippen LogP contribution in [0.3, 0.4) is 0 Å². The molecule has 0 bridgehead atoms. The van der Waals surface area contributed by atoms with E-state index in [1.165, 1.54) is 26.8 Å². The molecule has 1 heterocycles. The maximum Gasteiger partial charge on any atom is 0.212 e. The van der Waals surface area contributed by atoms with Crippen LogP contribution in [-0.2, 0) is 14.6 Å². The lowest BCUT2D eigenvalue weighted by Gasteiger charge is -2.25. The van der Waals surface area contributed by atoms with Gasteiger partial charge in [-0.2, -0.15) is 0 Å². The molecule has 1 atom stereocenters. The van der Waals surface area contributed by atoms with Crippen molar-refractivity contribution in [2.75, 3.05) is 11.1 Å². The number of sulfone groups is 1. The Morgan fingerprint density at radius 3 is 2.68 bits per heavy atom. The predicted molar refractivity (Wildman–Crippen MR) is 82.1 cm³/mol. The molecule has 1 rings (SSSR count). The summed E-state index contributed by atoms with van der Waals surface area (Å²) >= 11 is 0. The molecule has 1 aromatic rings. The van der Waals surface area contributed by atoms with Crippen molar-refractivity contribution in [2.24, 2.45) is 5.73 Å². The third kappa shape index (κ3) is 3.59. The van der Waals surface area contributed by atoms with Crippen molar-refractivity contribution in [3.05, 3.63) is 23.6 Å². The van der Waals surface area contributed by atoms with Gasteiger partial charge in [0.25, 0.3) is 0 Å². The average Bonchev–Trinajstić information content (AvgIpc) is 2.40. The third-order valence-corrected chi connectivity index (χ3v) is 6.23. The molecular weight excluding hydrogens is 311 g/mol. The van der Waals surface area contributed by atoms with E-state index in [-0.39, 0.29) is 17.1 Å². The number of nitrogens with zero attached hydrogens (tertiary/aromatic N) is 1. The summed E-state index contributed by atoms with van der Waals surface area (Å²) in [6, 6.07) is 1.28. The molecule has 0 saturated carbocycles. The van der Waals surface area contributed by atoms with Crippen LogP contribution in [-0.4, -0.2) is 36.1 Å². The molecule has 4 N–H and O–H groups in total. The highest BCUT2D eigenvalue weighted by Gasteiger charge is 2.38. The molecule has 0 radical (unpaired) electrons. The van der Waals surface area contributed by atoms with Gasteiger partial charge in [-0.3, -0.25) is 10.2 Å². The highest BCUT2D eigenvalue weighted by Crippen LogP contribution is 2.27. The second-order valence-electron chi connectivity index (χ2n) is 5.46. The molecule has 22 heavy (non-hydrogen) atoms. The van der Waals surface area contributed by atoms with Gasteiger partial charge >= 0.3 is 0 Å². The number of nitrogens with one attached hydrogen (secondary N) is 2. The van der Waals surface area contributed by atoms with Crippen LogP contribution in [0.2, 0.25) is 0 Å². The van der Waals surface area contributed by atoms with Crippen molar-refractivity contribution in [1.82, 2.24) is 4.98 Å². The molecule has 1 unspecified atom stereocenters. The largest absolute Gasteiger partial charge is 0.386 e. The van der Waals surface area contributed by atoms with Gasteiger partial charge in [0.1, 0.15) is 22.2 Å². The minimum absolute atomic E-state index is 0.113. The van der Waals surface area contributed by atoms with Crippen LogP contribution in [0.1, 0.15) is 32.3 Å². The number of pyridine rings is 1. The second kappa shape index (κ2) is 6.39. The Labute approximate surface area is 128 Å². The monoisotopic (exact) mass is 330 g/mol. The zero-order chi connectivity index (χ0) is 17.1. The molecule has 0 saturated heterocycles. The van der Waals surface area contributed by atoms with Crippen molar-refractivity contribution in [3.8, 4) is 0 Å². The minimum atomic E-state index is -3.77. The van der Waals surface area contributed by atoms with Gasteiger partial charge in [-0.1, -0.05) is 6.92 Å². The number of amides is 1. The number of carbonyl (C=O) groups excluding carboxylic acids is 1. The third-order valence-electron chi connectivity index (χ3n) is 3.52. The number of nitrogens with two attached hydrogens (primary N) is 1. The van der Waals surface area contributed by atoms with E-state index >= 15 is 0 Å². The average molecular weight is 330 g/mol. The number of carbonyl (C=O) groups is 1. The van der Waals surface area contributed by atoms with Crippen LogP contribution >= 0.6 is 0 Å². The molecule has 1 amide bonds. The van der Waals surface area contributed by atoms with Gasteiger partial charge in [0.05, 0.1) is 11.9 Å². The summed E-state index contributed by atoms with van der Waals surface area (Å²) in [4.78, 5) is 14.1. The maximum absolute atomic E-state index is 13.9. The van der Waals surface area contributed by atoms with E-state index in [0.717, 1.165) is 6.20 Å². The summed E-state index contributed by atoms with van der Waals surface area (Å²) in [5.41, 5.74) is 5.45. The fourth-order valence-electron chi connectivity index (χ4n) is 1.77. The first-order valence-electron chi connectivity index (χ1n) is 6.45. The molecule has 1 aromatic heterocycles. The van der Waals surface area contributed by atoms with Crippen molar-refractivity contribution >= 4 is 27.9 Å². The minimum Gasteiger partial charge on any atom is -0.386 e. The number of rotatable bonds is 7. The lowest BCUT2D eigenvalue weighted by atomic mass is 10.0. The van der Waals surface area contributed by atoms with E-state index in [1.807, 2.05) is 0 Å². The summed E-state index contributed by atoms with van der Waals surface area (Å²) in [5.74, 6) is -2.10. The lowest BCUT2D eigenvalue weighted by Crippen LogP contribution is -2.46. The van der Waals surface area contributed by atoms with E-state index in [0.29, 0.717) is 6.41 Å². The lowest BCUT2D eigenvalue weighted by molar-refractivity contribution is -0.105. The number of halogens is 1. The number of anilines is 1. The fourth-order valence-corrected chi connectivity index (χ4v) is 3.36. The molecule has 0 aliphatic rings. The molecule has 7 nitrogen and oxygen atoms in total. The molecule has 0 fully saturated rings. The van der Waals surface area contributed by atoms with E-state index in [2.05, 4.69) is 10.3 Å². The molecular formula is C13H19FN4O3S. The van der Waals surface area contributed by atoms with Crippen LogP contribution < -0.4 is 11.1 Å². The SMILES string of the molecule is CC(CS(=O)(=O)C(C)(C)C(=N)N)c1cc(NC=O)ncc1F. The normalized spacial score (nSPS) is 13.5. The second-order valence-corrected chi connectivity index (χ2v) is 8.04. The number of aromatic nitrogens is 1. The Bertz CT molecular complexity index is 689. The Hall–Kier alpha value is -2.03.